The largest absolute Gasteiger partial charge is 0.480 e. The maximum absolute atomic E-state index is 13.5. The Morgan fingerprint density at radius 3 is 2.14 bits per heavy atom. The average molecular weight is 496 g/mol. The molecule has 1 heterocycles. The van der Waals surface area contributed by atoms with Crippen molar-refractivity contribution in [3.05, 3.63) is 71.8 Å². The molecule has 0 aliphatic carbocycles. The van der Waals surface area contributed by atoms with Crippen LogP contribution in [0, 0.1) is 0 Å². The zero-order chi connectivity index (χ0) is 26.1. The molecular formula is C26H33N5O5. The van der Waals surface area contributed by atoms with Crippen molar-refractivity contribution in [1.29, 1.82) is 0 Å². The number of nitrogens with one attached hydrogen (secondary N) is 1. The van der Waals surface area contributed by atoms with E-state index in [2.05, 4.69) is 10.3 Å². The SMILES string of the molecule is NC(N)=NCCC[C@H](NC(=O)[C@@H]1CCCN1C(=O)[C@H](O)C(c1ccccc1)c1ccccc1)C(=O)O. The number of carbonyl (C=O) groups is 3. The Labute approximate surface area is 210 Å². The van der Waals surface area contributed by atoms with E-state index < -0.39 is 41.9 Å². The zero-order valence-corrected chi connectivity index (χ0v) is 20.0. The van der Waals surface area contributed by atoms with Gasteiger partial charge in [-0.1, -0.05) is 60.7 Å². The van der Waals surface area contributed by atoms with E-state index in [1.54, 1.807) is 0 Å². The van der Waals surface area contributed by atoms with Gasteiger partial charge in [0.15, 0.2) is 5.96 Å². The van der Waals surface area contributed by atoms with Crippen molar-refractivity contribution in [2.24, 2.45) is 16.5 Å². The van der Waals surface area contributed by atoms with Crippen LogP contribution in [0.5, 0.6) is 0 Å². The molecule has 0 unspecified atom stereocenters. The fourth-order valence-corrected chi connectivity index (χ4v) is 4.52. The molecule has 0 bridgehead atoms. The lowest BCUT2D eigenvalue weighted by molar-refractivity contribution is -0.147. The van der Waals surface area contributed by atoms with Crippen molar-refractivity contribution in [2.45, 2.75) is 49.8 Å². The van der Waals surface area contributed by atoms with E-state index in [0.717, 1.165) is 11.1 Å². The lowest BCUT2D eigenvalue weighted by atomic mass is 9.86. The second-order valence-electron chi connectivity index (χ2n) is 8.78. The number of hydrogen-bond donors (Lipinski definition) is 5. The van der Waals surface area contributed by atoms with Crippen LogP contribution in [0.1, 0.15) is 42.7 Å². The maximum Gasteiger partial charge on any atom is 0.326 e. The Bertz CT molecular complexity index is 1020. The smallest absolute Gasteiger partial charge is 0.326 e. The van der Waals surface area contributed by atoms with E-state index in [1.165, 1.54) is 4.90 Å². The highest BCUT2D eigenvalue weighted by Crippen LogP contribution is 2.31. The van der Waals surface area contributed by atoms with Crippen LogP contribution in [0.4, 0.5) is 0 Å². The molecule has 0 saturated carbocycles. The summed E-state index contributed by atoms with van der Waals surface area (Å²) in [6.45, 7) is 0.537. The van der Waals surface area contributed by atoms with Gasteiger partial charge in [0.1, 0.15) is 18.2 Å². The number of amides is 2. The standard InChI is InChI=1S/C26H33N5O5/c27-26(28)29-15-7-13-19(25(35)36)30-23(33)20-14-8-16-31(20)24(34)22(32)21(17-9-3-1-4-10-17)18-11-5-2-6-12-18/h1-6,9-12,19-22,32H,7-8,13-16H2,(H,30,33)(H,35,36)(H4,27,28,29)/t19-,20-,22+/m0/s1. The molecule has 0 radical (unpaired) electrons. The van der Waals surface area contributed by atoms with Gasteiger partial charge >= 0.3 is 5.97 Å². The van der Waals surface area contributed by atoms with E-state index in [4.69, 9.17) is 11.5 Å². The van der Waals surface area contributed by atoms with Crippen molar-refractivity contribution in [3.63, 3.8) is 0 Å². The maximum atomic E-state index is 13.5. The number of guanidine groups is 1. The molecule has 2 amide bonds. The van der Waals surface area contributed by atoms with E-state index in [0.29, 0.717) is 25.8 Å². The van der Waals surface area contributed by atoms with Crippen LogP contribution in [-0.4, -0.2) is 70.1 Å². The first kappa shape index (κ1) is 26.7. The third-order valence-electron chi connectivity index (χ3n) is 6.28. The van der Waals surface area contributed by atoms with E-state index in [1.807, 2.05) is 60.7 Å². The molecule has 1 saturated heterocycles. The number of nitrogens with two attached hydrogens (primary N) is 2. The molecule has 1 fully saturated rings. The Hall–Kier alpha value is -3.92. The normalized spacial score (nSPS) is 16.8. The molecule has 10 nitrogen and oxygen atoms in total. The number of aliphatic carboxylic acids is 1. The number of hydrogen-bond acceptors (Lipinski definition) is 5. The van der Waals surface area contributed by atoms with E-state index >= 15 is 0 Å². The molecule has 192 valence electrons. The van der Waals surface area contributed by atoms with Gasteiger partial charge in [0.05, 0.1) is 0 Å². The molecule has 3 atom stereocenters. The number of aliphatic imine (C=N–C) groups is 1. The highest BCUT2D eigenvalue weighted by molar-refractivity contribution is 5.92. The van der Waals surface area contributed by atoms with Crippen molar-refractivity contribution >= 4 is 23.7 Å². The third-order valence-corrected chi connectivity index (χ3v) is 6.28. The highest BCUT2D eigenvalue weighted by Gasteiger charge is 2.40. The minimum Gasteiger partial charge on any atom is -0.480 e. The van der Waals surface area contributed by atoms with Gasteiger partial charge in [-0.05, 0) is 36.8 Å². The first-order valence-electron chi connectivity index (χ1n) is 12.0. The van der Waals surface area contributed by atoms with Crippen LogP contribution >= 0.6 is 0 Å². The van der Waals surface area contributed by atoms with Gasteiger partial charge in [0.2, 0.25) is 5.91 Å². The van der Waals surface area contributed by atoms with Crippen molar-refractivity contribution < 1.29 is 24.6 Å². The molecule has 2 aromatic rings. The molecule has 7 N–H and O–H groups in total. The number of aliphatic hydroxyl groups is 1. The van der Waals surface area contributed by atoms with Gasteiger partial charge < -0.3 is 31.9 Å². The summed E-state index contributed by atoms with van der Waals surface area (Å²) in [7, 11) is 0. The number of nitrogens with zero attached hydrogens (tertiary/aromatic N) is 2. The fourth-order valence-electron chi connectivity index (χ4n) is 4.52. The van der Waals surface area contributed by atoms with Gasteiger partial charge in [-0.2, -0.15) is 0 Å². The molecule has 1 aliphatic rings. The predicted octanol–water partition coefficient (Wildman–Crippen LogP) is 0.793. The number of rotatable bonds is 11. The van der Waals surface area contributed by atoms with Gasteiger partial charge in [0, 0.05) is 19.0 Å². The summed E-state index contributed by atoms with van der Waals surface area (Å²) in [5, 5.41) is 23.3. The molecular weight excluding hydrogens is 462 g/mol. The second-order valence-corrected chi connectivity index (χ2v) is 8.78. The summed E-state index contributed by atoms with van der Waals surface area (Å²) in [4.78, 5) is 43.4. The van der Waals surface area contributed by atoms with Crippen LogP contribution < -0.4 is 16.8 Å². The van der Waals surface area contributed by atoms with Crippen molar-refractivity contribution in [2.75, 3.05) is 13.1 Å². The average Bonchev–Trinajstić information content (AvgIpc) is 3.36. The lowest BCUT2D eigenvalue weighted by Crippen LogP contribution is -2.53. The molecule has 0 spiro atoms. The van der Waals surface area contributed by atoms with Crippen LogP contribution in [-0.2, 0) is 14.4 Å². The van der Waals surface area contributed by atoms with Crippen LogP contribution in [0.2, 0.25) is 0 Å². The van der Waals surface area contributed by atoms with Crippen LogP contribution in [0.25, 0.3) is 0 Å². The fraction of sp³-hybridized carbons (Fsp3) is 0.385. The lowest BCUT2D eigenvalue weighted by Gasteiger charge is -2.30. The quantitative estimate of drug-likeness (QED) is 0.174. The summed E-state index contributed by atoms with van der Waals surface area (Å²) < 4.78 is 0. The molecule has 1 aliphatic heterocycles. The Kier molecular flexibility index (Phi) is 9.40. The second kappa shape index (κ2) is 12.7. The van der Waals surface area contributed by atoms with Crippen LogP contribution in [0.3, 0.4) is 0 Å². The third kappa shape index (κ3) is 6.82. The summed E-state index contributed by atoms with van der Waals surface area (Å²) in [6, 6.07) is 16.5. The first-order chi connectivity index (χ1) is 17.3. The van der Waals surface area contributed by atoms with Crippen LogP contribution in [0.15, 0.2) is 65.7 Å². The topological polar surface area (TPSA) is 171 Å². The molecule has 36 heavy (non-hydrogen) atoms. The summed E-state index contributed by atoms with van der Waals surface area (Å²) in [5.74, 6) is -3.01. The Morgan fingerprint density at radius 1 is 1.03 bits per heavy atom. The van der Waals surface area contributed by atoms with Gasteiger partial charge in [-0.3, -0.25) is 14.6 Å². The molecule has 0 aromatic heterocycles. The van der Waals surface area contributed by atoms with Gasteiger partial charge in [-0.15, -0.1) is 0 Å². The highest BCUT2D eigenvalue weighted by atomic mass is 16.4. The number of carboxylic acids is 1. The number of benzene rings is 2. The van der Waals surface area contributed by atoms with E-state index in [9.17, 15) is 24.6 Å². The van der Waals surface area contributed by atoms with Crippen molar-refractivity contribution in [1.82, 2.24) is 10.2 Å². The molecule has 2 aromatic carbocycles. The van der Waals surface area contributed by atoms with Gasteiger partial charge in [-0.25, -0.2) is 4.79 Å². The van der Waals surface area contributed by atoms with Gasteiger partial charge in [0.25, 0.3) is 5.91 Å². The minimum atomic E-state index is -1.42. The minimum absolute atomic E-state index is 0.0890. The Balaban J connectivity index is 1.74. The summed E-state index contributed by atoms with van der Waals surface area (Å²) in [6.07, 6.45) is 0.0203. The van der Waals surface area contributed by atoms with Crippen molar-refractivity contribution in [3.8, 4) is 0 Å². The number of carbonyl (C=O) groups excluding carboxylic acids is 2. The summed E-state index contributed by atoms with van der Waals surface area (Å²) in [5.41, 5.74) is 12.1. The molecule has 3 rings (SSSR count). The zero-order valence-electron chi connectivity index (χ0n) is 20.0. The summed E-state index contributed by atoms with van der Waals surface area (Å²) >= 11 is 0. The number of likely N-dealkylation sites (tertiary alicyclic amines) is 1. The number of aliphatic hydroxyl groups excluding tert-OH is 1. The monoisotopic (exact) mass is 495 g/mol. The number of carboxylic acid groups (broad SMARTS) is 1. The molecule has 10 heteroatoms. The first-order valence-corrected chi connectivity index (χ1v) is 12.0. The Morgan fingerprint density at radius 2 is 1.61 bits per heavy atom. The predicted molar refractivity (Wildman–Crippen MR) is 135 cm³/mol. The van der Waals surface area contributed by atoms with E-state index in [-0.39, 0.29) is 18.9 Å².